The first kappa shape index (κ1) is 18.4. The second-order valence-electron chi connectivity index (χ2n) is 7.50. The number of ether oxygens (including phenoxy) is 1. The van der Waals surface area contributed by atoms with Crippen LogP contribution in [0.5, 0.6) is 0 Å². The van der Waals surface area contributed by atoms with Crippen LogP contribution >= 0.6 is 0 Å². The summed E-state index contributed by atoms with van der Waals surface area (Å²) in [5.74, 6) is 0.623. The number of benzene rings is 1. The maximum atomic E-state index is 12.3. The Labute approximate surface area is 163 Å². The van der Waals surface area contributed by atoms with Gasteiger partial charge in [0.25, 0.3) is 0 Å². The Hall–Kier alpha value is -2.93. The molecule has 28 heavy (non-hydrogen) atoms. The fraction of sp³-hybridized carbons (Fsp3) is 0.381. The minimum absolute atomic E-state index is 0.286. The first-order valence-corrected chi connectivity index (χ1v) is 9.54. The molecule has 4 rings (SSSR count). The minimum atomic E-state index is -0.634. The molecule has 7 nitrogen and oxygen atoms in total. The highest BCUT2D eigenvalue weighted by Crippen LogP contribution is 2.35. The Morgan fingerprint density at radius 3 is 2.71 bits per heavy atom. The monoisotopic (exact) mass is 379 g/mol. The number of carbonyl (C=O) groups excluding carboxylic acids is 1. The molecule has 0 radical (unpaired) electrons. The maximum Gasteiger partial charge on any atom is 0.226 e. The number of aromatic amines is 1. The summed E-state index contributed by atoms with van der Waals surface area (Å²) in [5.41, 5.74) is 8.20. The Morgan fingerprint density at radius 2 is 2.00 bits per heavy atom. The fourth-order valence-electron chi connectivity index (χ4n) is 3.88. The molecular formula is C21H25N5O2. The van der Waals surface area contributed by atoms with Gasteiger partial charge in [0.15, 0.2) is 0 Å². The average Bonchev–Trinajstić information content (AvgIpc) is 3.10. The molecule has 3 N–H and O–H groups in total. The van der Waals surface area contributed by atoms with E-state index < -0.39 is 5.41 Å². The summed E-state index contributed by atoms with van der Waals surface area (Å²) in [6.45, 7) is 4.27. The highest BCUT2D eigenvalue weighted by molar-refractivity contribution is 5.90. The predicted octanol–water partition coefficient (Wildman–Crippen LogP) is 2.56. The van der Waals surface area contributed by atoms with E-state index in [1.807, 2.05) is 43.5 Å². The Kier molecular flexibility index (Phi) is 5.00. The van der Waals surface area contributed by atoms with Gasteiger partial charge in [-0.25, -0.2) is 9.97 Å². The Balaban J connectivity index is 1.45. The number of amides is 1. The summed E-state index contributed by atoms with van der Waals surface area (Å²) < 4.78 is 5.89. The van der Waals surface area contributed by atoms with Crippen LogP contribution in [0.25, 0.3) is 11.0 Å². The second kappa shape index (κ2) is 7.59. The summed E-state index contributed by atoms with van der Waals surface area (Å²) >= 11 is 0. The first-order chi connectivity index (χ1) is 13.6. The molecule has 146 valence electrons. The molecule has 1 aromatic carbocycles. The third-order valence-electron chi connectivity index (χ3n) is 5.68. The van der Waals surface area contributed by atoms with Crippen molar-refractivity contribution in [3.05, 3.63) is 54.0 Å². The Morgan fingerprint density at radius 1 is 1.25 bits per heavy atom. The molecule has 0 spiro atoms. The Bertz CT molecular complexity index is 961. The molecule has 1 aliphatic rings. The molecule has 0 saturated carbocycles. The molecule has 0 unspecified atom stereocenters. The van der Waals surface area contributed by atoms with Crippen molar-refractivity contribution >= 4 is 22.8 Å². The van der Waals surface area contributed by atoms with E-state index in [1.165, 1.54) is 0 Å². The summed E-state index contributed by atoms with van der Waals surface area (Å²) in [4.78, 5) is 26.5. The summed E-state index contributed by atoms with van der Waals surface area (Å²) in [5, 5.41) is 1.04. The van der Waals surface area contributed by atoms with Crippen molar-refractivity contribution in [2.75, 3.05) is 24.6 Å². The molecule has 1 fully saturated rings. The van der Waals surface area contributed by atoms with Crippen molar-refractivity contribution in [3.8, 4) is 0 Å². The topological polar surface area (TPSA) is 97.1 Å². The molecule has 2 aromatic heterocycles. The lowest BCUT2D eigenvalue weighted by molar-refractivity contribution is -0.133. The molecule has 3 aromatic rings. The standard InChI is InChI=1S/C21H25N5O2/c1-15-11-23-18-17(15)19(25-14-24-18)26-9-7-21(8-10-26,20(22)27)13-28-12-16-5-3-2-4-6-16/h2-6,11,14H,7-10,12-13H2,1H3,(H2,22,27)(H,23,24,25). The number of piperidine rings is 1. The number of hydrogen-bond acceptors (Lipinski definition) is 5. The van der Waals surface area contributed by atoms with Crippen LogP contribution in [0, 0.1) is 12.3 Å². The van der Waals surface area contributed by atoms with E-state index in [-0.39, 0.29) is 5.91 Å². The van der Waals surface area contributed by atoms with Gasteiger partial charge in [0, 0.05) is 19.3 Å². The molecular weight excluding hydrogens is 354 g/mol. The molecule has 3 heterocycles. The summed E-state index contributed by atoms with van der Waals surface area (Å²) in [6.07, 6.45) is 4.81. The molecule has 0 atom stereocenters. The van der Waals surface area contributed by atoms with Crippen LogP contribution in [0.1, 0.15) is 24.0 Å². The number of primary amides is 1. The van der Waals surface area contributed by atoms with Crippen LogP contribution in [-0.4, -0.2) is 40.6 Å². The largest absolute Gasteiger partial charge is 0.376 e. The predicted molar refractivity (Wildman–Crippen MR) is 108 cm³/mol. The lowest BCUT2D eigenvalue weighted by Gasteiger charge is -2.40. The van der Waals surface area contributed by atoms with Crippen LogP contribution in [0.4, 0.5) is 5.82 Å². The van der Waals surface area contributed by atoms with Crippen LogP contribution in [0.3, 0.4) is 0 Å². The van der Waals surface area contributed by atoms with Crippen LogP contribution < -0.4 is 10.6 Å². The molecule has 0 aliphatic carbocycles. The lowest BCUT2D eigenvalue weighted by atomic mass is 9.78. The number of fused-ring (bicyclic) bond motifs is 1. The van der Waals surface area contributed by atoms with E-state index >= 15 is 0 Å². The lowest BCUT2D eigenvalue weighted by Crippen LogP contribution is -2.50. The number of nitrogens with zero attached hydrogens (tertiary/aromatic N) is 3. The van der Waals surface area contributed by atoms with Gasteiger partial charge in [-0.05, 0) is 30.9 Å². The molecule has 1 amide bonds. The molecule has 1 aliphatic heterocycles. The number of aromatic nitrogens is 3. The molecule has 1 saturated heterocycles. The quantitative estimate of drug-likeness (QED) is 0.686. The fourth-order valence-corrected chi connectivity index (χ4v) is 3.88. The zero-order valence-electron chi connectivity index (χ0n) is 16.0. The SMILES string of the molecule is Cc1c[nH]c2ncnc(N3CCC(COCc4ccccc4)(C(N)=O)CC3)c12. The summed E-state index contributed by atoms with van der Waals surface area (Å²) in [6, 6.07) is 9.96. The van der Waals surface area contributed by atoms with Crippen molar-refractivity contribution in [3.63, 3.8) is 0 Å². The van der Waals surface area contributed by atoms with Gasteiger partial charge in [-0.2, -0.15) is 0 Å². The van der Waals surface area contributed by atoms with Gasteiger partial charge in [0.1, 0.15) is 17.8 Å². The zero-order valence-corrected chi connectivity index (χ0v) is 16.0. The number of hydrogen-bond donors (Lipinski definition) is 2. The number of aryl methyl sites for hydroxylation is 1. The van der Waals surface area contributed by atoms with Crippen molar-refractivity contribution in [1.82, 2.24) is 15.0 Å². The molecule has 7 heteroatoms. The van der Waals surface area contributed by atoms with Gasteiger partial charge in [-0.1, -0.05) is 30.3 Å². The van der Waals surface area contributed by atoms with Gasteiger partial charge in [0.05, 0.1) is 24.0 Å². The van der Waals surface area contributed by atoms with Crippen LogP contribution in [-0.2, 0) is 16.1 Å². The maximum absolute atomic E-state index is 12.3. The van der Waals surface area contributed by atoms with Crippen molar-refractivity contribution < 1.29 is 9.53 Å². The first-order valence-electron chi connectivity index (χ1n) is 9.54. The van der Waals surface area contributed by atoms with Gasteiger partial charge < -0.3 is 20.4 Å². The van der Waals surface area contributed by atoms with E-state index in [0.717, 1.165) is 28.0 Å². The highest BCUT2D eigenvalue weighted by Gasteiger charge is 2.41. The third-order valence-corrected chi connectivity index (χ3v) is 5.68. The minimum Gasteiger partial charge on any atom is -0.376 e. The van der Waals surface area contributed by atoms with Gasteiger partial charge >= 0.3 is 0 Å². The number of carbonyl (C=O) groups is 1. The third kappa shape index (κ3) is 3.45. The van der Waals surface area contributed by atoms with Gasteiger partial charge in [0.2, 0.25) is 5.91 Å². The second-order valence-corrected chi connectivity index (χ2v) is 7.50. The van der Waals surface area contributed by atoms with E-state index in [0.29, 0.717) is 39.1 Å². The summed E-state index contributed by atoms with van der Waals surface area (Å²) in [7, 11) is 0. The van der Waals surface area contributed by atoms with E-state index in [2.05, 4.69) is 19.9 Å². The zero-order chi connectivity index (χ0) is 19.6. The number of nitrogens with two attached hydrogens (primary N) is 1. The van der Waals surface area contributed by atoms with Crippen LogP contribution in [0.2, 0.25) is 0 Å². The van der Waals surface area contributed by atoms with E-state index in [4.69, 9.17) is 10.5 Å². The smallest absolute Gasteiger partial charge is 0.226 e. The average molecular weight is 379 g/mol. The van der Waals surface area contributed by atoms with Crippen LogP contribution in [0.15, 0.2) is 42.9 Å². The van der Waals surface area contributed by atoms with Crippen molar-refractivity contribution in [2.45, 2.75) is 26.4 Å². The van der Waals surface area contributed by atoms with Gasteiger partial charge in [-0.15, -0.1) is 0 Å². The number of rotatable bonds is 6. The number of nitrogens with one attached hydrogen (secondary N) is 1. The van der Waals surface area contributed by atoms with Gasteiger partial charge in [-0.3, -0.25) is 4.79 Å². The van der Waals surface area contributed by atoms with Crippen molar-refractivity contribution in [2.24, 2.45) is 11.1 Å². The molecule has 0 bridgehead atoms. The number of anilines is 1. The number of H-pyrrole nitrogens is 1. The normalized spacial score (nSPS) is 16.4. The van der Waals surface area contributed by atoms with E-state index in [1.54, 1.807) is 6.33 Å². The van der Waals surface area contributed by atoms with Crippen molar-refractivity contribution in [1.29, 1.82) is 0 Å². The highest BCUT2D eigenvalue weighted by atomic mass is 16.5. The van der Waals surface area contributed by atoms with E-state index in [9.17, 15) is 4.79 Å².